The van der Waals surface area contributed by atoms with Crippen molar-refractivity contribution in [1.29, 1.82) is 0 Å². The first-order chi connectivity index (χ1) is 15.8. The van der Waals surface area contributed by atoms with Crippen LogP contribution in [-0.4, -0.2) is 69.1 Å². The number of amides is 1. The van der Waals surface area contributed by atoms with Crippen LogP contribution in [0.15, 0.2) is 60.7 Å². The lowest BCUT2D eigenvalue weighted by Gasteiger charge is -2.40. The Kier molecular flexibility index (Phi) is 7.01. The lowest BCUT2D eigenvalue weighted by Crippen LogP contribution is -2.54. The summed E-state index contributed by atoms with van der Waals surface area (Å²) >= 11 is 0. The first kappa shape index (κ1) is 23.3. The van der Waals surface area contributed by atoms with Crippen LogP contribution in [0.3, 0.4) is 0 Å². The second-order valence-corrected chi connectivity index (χ2v) is 9.54. The molecule has 0 spiro atoms. The summed E-state index contributed by atoms with van der Waals surface area (Å²) in [5, 5.41) is 5.60. The SMILES string of the molecule is Cc1ccc(N(C)CC2CN(C)CCN2C)cc1C(=O)N[C@H](C)c1cccc2ccccc12. The Balaban J connectivity index is 1.50. The zero-order valence-electron chi connectivity index (χ0n) is 20.5. The molecule has 1 saturated heterocycles. The van der Waals surface area contributed by atoms with Crippen molar-refractivity contribution in [3.8, 4) is 0 Å². The first-order valence-corrected chi connectivity index (χ1v) is 11.8. The molecule has 1 amide bonds. The number of aryl methyl sites for hydroxylation is 1. The molecule has 0 radical (unpaired) electrons. The van der Waals surface area contributed by atoms with Gasteiger partial charge in [-0.1, -0.05) is 48.5 Å². The van der Waals surface area contributed by atoms with Gasteiger partial charge in [-0.05, 0) is 62.0 Å². The molecule has 0 aromatic heterocycles. The Morgan fingerprint density at radius 1 is 1.09 bits per heavy atom. The third kappa shape index (κ3) is 5.21. The van der Waals surface area contributed by atoms with Crippen molar-refractivity contribution in [2.24, 2.45) is 0 Å². The van der Waals surface area contributed by atoms with E-state index in [4.69, 9.17) is 0 Å². The van der Waals surface area contributed by atoms with Crippen LogP contribution >= 0.6 is 0 Å². The lowest BCUT2D eigenvalue weighted by atomic mass is 9.99. The van der Waals surface area contributed by atoms with Gasteiger partial charge in [0.1, 0.15) is 0 Å². The molecule has 174 valence electrons. The smallest absolute Gasteiger partial charge is 0.252 e. The largest absolute Gasteiger partial charge is 0.373 e. The van der Waals surface area contributed by atoms with Gasteiger partial charge in [-0.15, -0.1) is 0 Å². The van der Waals surface area contributed by atoms with Crippen LogP contribution in [0.5, 0.6) is 0 Å². The fourth-order valence-corrected chi connectivity index (χ4v) is 4.79. The molecule has 5 nitrogen and oxygen atoms in total. The molecule has 0 saturated carbocycles. The van der Waals surface area contributed by atoms with Crippen LogP contribution in [0, 0.1) is 6.92 Å². The maximum absolute atomic E-state index is 13.3. The number of rotatable bonds is 6. The number of anilines is 1. The van der Waals surface area contributed by atoms with E-state index in [1.165, 1.54) is 10.8 Å². The molecular weight excluding hydrogens is 408 g/mol. The summed E-state index contributed by atoms with van der Waals surface area (Å²) < 4.78 is 0. The number of likely N-dealkylation sites (N-methyl/N-ethyl adjacent to an activating group) is 3. The van der Waals surface area contributed by atoms with E-state index in [2.05, 4.69) is 90.5 Å². The number of carbonyl (C=O) groups excluding carboxylic acids is 1. The van der Waals surface area contributed by atoms with Crippen molar-refractivity contribution in [1.82, 2.24) is 15.1 Å². The molecule has 1 aliphatic rings. The van der Waals surface area contributed by atoms with E-state index >= 15 is 0 Å². The Bertz CT molecular complexity index is 1120. The molecule has 3 aromatic carbocycles. The number of nitrogens with zero attached hydrogens (tertiary/aromatic N) is 3. The zero-order valence-corrected chi connectivity index (χ0v) is 20.5. The molecule has 33 heavy (non-hydrogen) atoms. The maximum Gasteiger partial charge on any atom is 0.252 e. The average molecular weight is 445 g/mol. The maximum atomic E-state index is 13.3. The van der Waals surface area contributed by atoms with Gasteiger partial charge in [-0.2, -0.15) is 0 Å². The molecule has 2 atom stereocenters. The molecule has 1 aliphatic heterocycles. The van der Waals surface area contributed by atoms with Gasteiger partial charge in [0.2, 0.25) is 0 Å². The van der Waals surface area contributed by atoms with E-state index in [9.17, 15) is 4.79 Å². The van der Waals surface area contributed by atoms with Gasteiger partial charge >= 0.3 is 0 Å². The Morgan fingerprint density at radius 2 is 1.85 bits per heavy atom. The van der Waals surface area contributed by atoms with Crippen molar-refractivity contribution >= 4 is 22.4 Å². The number of hydrogen-bond acceptors (Lipinski definition) is 4. The Hall–Kier alpha value is -2.89. The van der Waals surface area contributed by atoms with Gasteiger partial charge in [0.05, 0.1) is 6.04 Å². The summed E-state index contributed by atoms with van der Waals surface area (Å²) in [6.07, 6.45) is 0. The van der Waals surface area contributed by atoms with E-state index < -0.39 is 0 Å². The standard InChI is InChI=1S/C28H36N4O/c1-20-13-14-23(32(5)19-24-18-30(3)15-16-31(24)4)17-27(20)28(33)29-21(2)25-12-8-10-22-9-6-7-11-26(22)25/h6-14,17,21,24H,15-16,18-19H2,1-5H3,(H,29,33)/t21-,24?/m1/s1. The third-order valence-corrected chi connectivity index (χ3v) is 7.01. The van der Waals surface area contributed by atoms with E-state index in [-0.39, 0.29) is 11.9 Å². The normalized spacial score (nSPS) is 18.3. The van der Waals surface area contributed by atoms with E-state index in [1.807, 2.05) is 25.1 Å². The average Bonchev–Trinajstić information content (AvgIpc) is 2.81. The van der Waals surface area contributed by atoms with E-state index in [1.54, 1.807) is 0 Å². The van der Waals surface area contributed by atoms with Crippen LogP contribution in [0.2, 0.25) is 0 Å². The van der Waals surface area contributed by atoms with Crippen molar-refractivity contribution in [3.63, 3.8) is 0 Å². The van der Waals surface area contributed by atoms with Crippen molar-refractivity contribution in [2.45, 2.75) is 25.9 Å². The highest BCUT2D eigenvalue weighted by Crippen LogP contribution is 2.25. The molecule has 3 aromatic rings. The van der Waals surface area contributed by atoms with Crippen molar-refractivity contribution in [3.05, 3.63) is 77.4 Å². The summed E-state index contributed by atoms with van der Waals surface area (Å²) in [6.45, 7) is 8.24. The summed E-state index contributed by atoms with van der Waals surface area (Å²) in [4.78, 5) is 20.4. The number of nitrogens with one attached hydrogen (secondary N) is 1. The van der Waals surface area contributed by atoms with Crippen LogP contribution < -0.4 is 10.2 Å². The zero-order chi connectivity index (χ0) is 23.5. The lowest BCUT2D eigenvalue weighted by molar-refractivity contribution is 0.0939. The van der Waals surface area contributed by atoms with Crippen LogP contribution in [0.25, 0.3) is 10.8 Å². The van der Waals surface area contributed by atoms with Crippen molar-refractivity contribution < 1.29 is 4.79 Å². The van der Waals surface area contributed by atoms with Gasteiger partial charge in [0.25, 0.3) is 5.91 Å². The van der Waals surface area contributed by atoms with Crippen LogP contribution in [-0.2, 0) is 0 Å². The fraction of sp³-hybridized carbons (Fsp3) is 0.393. The van der Waals surface area contributed by atoms with Crippen LogP contribution in [0.4, 0.5) is 5.69 Å². The second-order valence-electron chi connectivity index (χ2n) is 9.54. The summed E-state index contributed by atoms with van der Waals surface area (Å²) in [7, 11) is 6.51. The number of carbonyl (C=O) groups is 1. The minimum Gasteiger partial charge on any atom is -0.373 e. The molecular formula is C28H36N4O. The molecule has 1 N–H and O–H groups in total. The number of hydrogen-bond donors (Lipinski definition) is 1. The molecule has 4 rings (SSSR count). The Morgan fingerprint density at radius 3 is 2.67 bits per heavy atom. The van der Waals surface area contributed by atoms with Gasteiger partial charge in [-0.25, -0.2) is 0 Å². The quantitative estimate of drug-likeness (QED) is 0.615. The highest BCUT2D eigenvalue weighted by molar-refractivity contribution is 5.97. The molecule has 1 unspecified atom stereocenters. The highest BCUT2D eigenvalue weighted by atomic mass is 16.1. The fourth-order valence-electron chi connectivity index (χ4n) is 4.79. The number of fused-ring (bicyclic) bond motifs is 1. The first-order valence-electron chi connectivity index (χ1n) is 11.8. The summed E-state index contributed by atoms with van der Waals surface area (Å²) in [6, 6.07) is 21.2. The molecule has 1 heterocycles. The minimum atomic E-state index is -0.0872. The van der Waals surface area contributed by atoms with Gasteiger partial charge in [-0.3, -0.25) is 9.69 Å². The number of benzene rings is 3. The van der Waals surface area contributed by atoms with Gasteiger partial charge in [0, 0.05) is 50.5 Å². The van der Waals surface area contributed by atoms with Gasteiger partial charge in [0.15, 0.2) is 0 Å². The molecule has 5 heteroatoms. The van der Waals surface area contributed by atoms with E-state index in [0.29, 0.717) is 6.04 Å². The second kappa shape index (κ2) is 9.94. The van der Waals surface area contributed by atoms with Crippen molar-refractivity contribution in [2.75, 3.05) is 52.2 Å². The minimum absolute atomic E-state index is 0.0299. The Labute approximate surface area is 198 Å². The number of piperazine rings is 1. The molecule has 0 bridgehead atoms. The summed E-state index contributed by atoms with van der Waals surface area (Å²) in [5.74, 6) is -0.0299. The monoisotopic (exact) mass is 444 g/mol. The topological polar surface area (TPSA) is 38.8 Å². The van der Waals surface area contributed by atoms with E-state index in [0.717, 1.165) is 48.6 Å². The molecule has 0 aliphatic carbocycles. The van der Waals surface area contributed by atoms with Crippen LogP contribution in [0.1, 0.15) is 34.5 Å². The predicted molar refractivity (Wildman–Crippen MR) is 138 cm³/mol. The van der Waals surface area contributed by atoms with Gasteiger partial charge < -0.3 is 15.1 Å². The predicted octanol–water partition coefficient (Wildman–Crippen LogP) is 4.32. The highest BCUT2D eigenvalue weighted by Gasteiger charge is 2.24. The third-order valence-electron chi connectivity index (χ3n) is 7.01. The summed E-state index contributed by atoms with van der Waals surface area (Å²) in [5.41, 5.74) is 3.94. The molecule has 1 fully saturated rings.